The molecular formula is C26H22Cl2N4O3S. The van der Waals surface area contributed by atoms with Gasteiger partial charge in [-0.15, -0.1) is 4.40 Å². The third-order valence-corrected chi connectivity index (χ3v) is 7.17. The van der Waals surface area contributed by atoms with Gasteiger partial charge in [-0.05, 0) is 47.5 Å². The molecule has 0 saturated carbocycles. The fraction of sp³-hybridized carbons (Fsp3) is 0.154. The maximum atomic E-state index is 13.1. The fourth-order valence-electron chi connectivity index (χ4n) is 3.68. The van der Waals surface area contributed by atoms with Crippen LogP contribution in [0.5, 0.6) is 0 Å². The largest absolute Gasteiger partial charge is 0.445 e. The minimum atomic E-state index is -4.07. The Morgan fingerprint density at radius 1 is 1.06 bits per heavy atom. The van der Waals surface area contributed by atoms with E-state index >= 15 is 0 Å². The molecule has 0 amide bonds. The van der Waals surface area contributed by atoms with E-state index in [0.717, 1.165) is 16.8 Å². The first kappa shape index (κ1) is 25.6. The highest BCUT2D eigenvalue weighted by atomic mass is 35.5. The first-order valence-corrected chi connectivity index (χ1v) is 13.2. The molecule has 1 atom stereocenters. The van der Waals surface area contributed by atoms with Gasteiger partial charge in [-0.3, -0.25) is 0 Å². The normalized spacial score (nSPS) is 15.8. The lowest BCUT2D eigenvalue weighted by atomic mass is 9.91. The van der Waals surface area contributed by atoms with Crippen molar-refractivity contribution in [2.45, 2.75) is 10.8 Å². The first-order valence-electron chi connectivity index (χ1n) is 11.0. The van der Waals surface area contributed by atoms with Crippen LogP contribution in [0.1, 0.15) is 17.0 Å². The van der Waals surface area contributed by atoms with Crippen LogP contribution in [0.3, 0.4) is 0 Å². The summed E-state index contributed by atoms with van der Waals surface area (Å²) < 4.78 is 35.3. The molecule has 0 radical (unpaired) electrons. The van der Waals surface area contributed by atoms with E-state index in [-0.39, 0.29) is 29.9 Å². The average molecular weight is 541 g/mol. The molecule has 7 nitrogen and oxygen atoms in total. The molecule has 0 saturated heterocycles. The van der Waals surface area contributed by atoms with Crippen LogP contribution >= 0.6 is 23.2 Å². The Bertz CT molecular complexity index is 1400. The van der Waals surface area contributed by atoms with Crippen molar-refractivity contribution in [3.8, 4) is 12.5 Å². The lowest BCUT2D eigenvalue weighted by molar-refractivity contribution is 0.281. The lowest BCUT2D eigenvalue weighted by Gasteiger charge is -2.19. The maximum absolute atomic E-state index is 13.1. The highest BCUT2D eigenvalue weighted by molar-refractivity contribution is 7.90. The number of hydrogen-bond acceptors (Lipinski definition) is 4. The zero-order valence-electron chi connectivity index (χ0n) is 19.0. The Hall–Kier alpha value is -3.51. The van der Waals surface area contributed by atoms with E-state index in [1.54, 1.807) is 17.1 Å². The van der Waals surface area contributed by atoms with E-state index in [9.17, 15) is 8.42 Å². The molecule has 0 spiro atoms. The summed E-state index contributed by atoms with van der Waals surface area (Å²) in [7, 11) is -4.07. The van der Waals surface area contributed by atoms with Gasteiger partial charge in [0.05, 0.1) is 23.7 Å². The van der Waals surface area contributed by atoms with E-state index < -0.39 is 10.0 Å². The van der Waals surface area contributed by atoms with Gasteiger partial charge in [0.2, 0.25) is 5.96 Å². The number of benzene rings is 3. The molecule has 0 bridgehead atoms. The second-order valence-corrected chi connectivity index (χ2v) is 10.3. The third-order valence-electron chi connectivity index (χ3n) is 5.39. The van der Waals surface area contributed by atoms with E-state index in [1.807, 2.05) is 42.5 Å². The summed E-state index contributed by atoms with van der Waals surface area (Å²) in [5, 5.41) is 10.4. The monoisotopic (exact) mass is 540 g/mol. The minimum Gasteiger partial charge on any atom is -0.445 e. The molecule has 0 aromatic heterocycles. The molecular weight excluding hydrogens is 519 g/mol. The van der Waals surface area contributed by atoms with Gasteiger partial charge in [0.15, 0.2) is 0 Å². The van der Waals surface area contributed by atoms with E-state index in [4.69, 9.17) is 39.5 Å². The highest BCUT2D eigenvalue weighted by Gasteiger charge is 2.32. The minimum absolute atomic E-state index is 0.00628. The lowest BCUT2D eigenvalue weighted by Crippen LogP contribution is -2.40. The molecule has 3 aromatic carbocycles. The van der Waals surface area contributed by atoms with Gasteiger partial charge in [0.25, 0.3) is 10.0 Å². The Morgan fingerprint density at radius 2 is 1.69 bits per heavy atom. The van der Waals surface area contributed by atoms with E-state index in [1.165, 1.54) is 24.3 Å². The van der Waals surface area contributed by atoms with Gasteiger partial charge in [-0.1, -0.05) is 72.1 Å². The highest BCUT2D eigenvalue weighted by Crippen LogP contribution is 2.30. The van der Waals surface area contributed by atoms with Gasteiger partial charge in [-0.25, -0.2) is 5.01 Å². The second-order valence-electron chi connectivity index (χ2n) is 7.77. The van der Waals surface area contributed by atoms with Gasteiger partial charge in [0.1, 0.15) is 12.7 Å². The second kappa shape index (κ2) is 11.5. The molecule has 0 fully saturated rings. The van der Waals surface area contributed by atoms with Crippen molar-refractivity contribution in [2.75, 3.05) is 19.7 Å². The predicted molar refractivity (Wildman–Crippen MR) is 143 cm³/mol. The van der Waals surface area contributed by atoms with Crippen molar-refractivity contribution in [1.82, 2.24) is 10.3 Å². The number of rotatable bonds is 7. The standard InChI is InChI=1S/C26H22Cl2N4O3S/c1-2-35-17-16-29-26(31-36(33,34)23-14-12-22(28)13-15-23)32-18-24(19-6-4-3-5-7-19)25(30-32)20-8-10-21(27)11-9-20/h1,3-15,24H,16-18H2,(H,29,31). The molecule has 1 heterocycles. The van der Waals surface area contributed by atoms with Crippen molar-refractivity contribution in [3.63, 3.8) is 0 Å². The van der Waals surface area contributed by atoms with Crippen LogP contribution in [-0.2, 0) is 14.8 Å². The molecule has 1 N–H and O–H groups in total. The molecule has 1 unspecified atom stereocenters. The van der Waals surface area contributed by atoms with Crippen LogP contribution in [0.4, 0.5) is 0 Å². The van der Waals surface area contributed by atoms with Crippen LogP contribution < -0.4 is 5.32 Å². The quantitative estimate of drug-likeness (QED) is 0.202. The van der Waals surface area contributed by atoms with Crippen LogP contribution in [0, 0.1) is 12.5 Å². The zero-order valence-corrected chi connectivity index (χ0v) is 21.3. The number of guanidine groups is 1. The molecule has 184 valence electrons. The smallest absolute Gasteiger partial charge is 0.285 e. The number of terminal acetylenes is 1. The Morgan fingerprint density at radius 3 is 2.33 bits per heavy atom. The number of nitrogens with one attached hydrogen (secondary N) is 1. The predicted octanol–water partition coefficient (Wildman–Crippen LogP) is 4.74. The van der Waals surface area contributed by atoms with E-state index in [0.29, 0.717) is 16.6 Å². The molecule has 1 aliphatic heterocycles. The number of hydrazone groups is 1. The molecule has 1 aliphatic rings. The summed E-state index contributed by atoms with van der Waals surface area (Å²) in [6, 6.07) is 23.0. The molecule has 10 heteroatoms. The van der Waals surface area contributed by atoms with Gasteiger partial charge in [-0.2, -0.15) is 13.5 Å². The van der Waals surface area contributed by atoms with Gasteiger partial charge in [0, 0.05) is 16.0 Å². The van der Waals surface area contributed by atoms with Crippen LogP contribution in [0.15, 0.2) is 93.3 Å². The fourth-order valence-corrected chi connectivity index (χ4v) is 4.90. The molecule has 4 rings (SSSR count). The Kier molecular flexibility index (Phi) is 8.16. The van der Waals surface area contributed by atoms with Crippen LogP contribution in [-0.4, -0.2) is 44.8 Å². The van der Waals surface area contributed by atoms with Gasteiger partial charge >= 0.3 is 0 Å². The molecule has 3 aromatic rings. The zero-order chi connectivity index (χ0) is 25.5. The van der Waals surface area contributed by atoms with Crippen molar-refractivity contribution in [2.24, 2.45) is 9.50 Å². The SMILES string of the molecule is C#COCCN/C(=N\S(=O)(=O)c1ccc(Cl)cc1)N1CC(c2ccccc2)C(c2ccc(Cl)cc2)=N1. The summed E-state index contributed by atoms with van der Waals surface area (Å²) in [6.45, 7) is 0.734. The number of ether oxygens (including phenoxy) is 1. The maximum Gasteiger partial charge on any atom is 0.285 e. The summed E-state index contributed by atoms with van der Waals surface area (Å²) >= 11 is 12.0. The number of sulfonamides is 1. The number of halogens is 2. The average Bonchev–Trinajstić information content (AvgIpc) is 3.32. The van der Waals surface area contributed by atoms with Crippen molar-refractivity contribution >= 4 is 44.9 Å². The first-order chi connectivity index (χ1) is 17.4. The molecule has 0 aliphatic carbocycles. The van der Waals surface area contributed by atoms with Crippen molar-refractivity contribution < 1.29 is 13.2 Å². The topological polar surface area (TPSA) is 83.4 Å². The Labute approximate surface area is 220 Å². The van der Waals surface area contributed by atoms with Crippen molar-refractivity contribution in [1.29, 1.82) is 0 Å². The van der Waals surface area contributed by atoms with Crippen LogP contribution in [0.25, 0.3) is 0 Å². The summed E-state index contributed by atoms with van der Waals surface area (Å²) in [6.07, 6.45) is 7.24. The summed E-state index contributed by atoms with van der Waals surface area (Å²) in [4.78, 5) is 0.00628. The summed E-state index contributed by atoms with van der Waals surface area (Å²) in [5.41, 5.74) is 2.66. The molecule has 36 heavy (non-hydrogen) atoms. The Balaban J connectivity index is 1.74. The number of hydrogen-bond donors (Lipinski definition) is 1. The summed E-state index contributed by atoms with van der Waals surface area (Å²) in [5.74, 6) is -0.0879. The third kappa shape index (κ3) is 6.18. The van der Waals surface area contributed by atoms with Gasteiger partial charge < -0.3 is 10.1 Å². The number of nitrogens with zero attached hydrogens (tertiary/aromatic N) is 3. The van der Waals surface area contributed by atoms with E-state index in [2.05, 4.69) is 15.8 Å². The van der Waals surface area contributed by atoms with Crippen LogP contribution in [0.2, 0.25) is 10.0 Å². The van der Waals surface area contributed by atoms with Crippen molar-refractivity contribution in [3.05, 3.63) is 100 Å².